The van der Waals surface area contributed by atoms with E-state index in [1.54, 1.807) is 6.33 Å². The van der Waals surface area contributed by atoms with E-state index >= 15 is 0 Å². The summed E-state index contributed by atoms with van der Waals surface area (Å²) in [6.45, 7) is 4.46. The summed E-state index contributed by atoms with van der Waals surface area (Å²) < 4.78 is 1.82. The topological polar surface area (TPSA) is 92.2 Å². The molecule has 1 aliphatic heterocycles. The molecule has 0 aromatic carbocycles. The van der Waals surface area contributed by atoms with Crippen molar-refractivity contribution >= 4 is 11.8 Å². The van der Waals surface area contributed by atoms with E-state index < -0.39 is 0 Å². The number of rotatable bonds is 7. The van der Waals surface area contributed by atoms with E-state index in [1.807, 2.05) is 4.68 Å². The van der Waals surface area contributed by atoms with Crippen LogP contribution in [0.4, 0.5) is 0 Å². The minimum absolute atomic E-state index is 0.00385. The highest BCUT2D eigenvalue weighted by Crippen LogP contribution is 2.17. The number of carbonyl (C=O) groups is 2. The van der Waals surface area contributed by atoms with Crippen molar-refractivity contribution < 1.29 is 9.59 Å². The monoisotopic (exact) mass is 308 g/mol. The summed E-state index contributed by atoms with van der Waals surface area (Å²) in [7, 11) is 0. The zero-order valence-electron chi connectivity index (χ0n) is 13.0. The lowest BCUT2D eigenvalue weighted by Crippen LogP contribution is -2.48. The van der Waals surface area contributed by atoms with Gasteiger partial charge in [-0.05, 0) is 19.4 Å². The normalized spacial score (nSPS) is 18.9. The molecule has 0 saturated carbocycles. The molecule has 8 nitrogen and oxygen atoms in total. The highest BCUT2D eigenvalue weighted by Gasteiger charge is 2.24. The van der Waals surface area contributed by atoms with Crippen LogP contribution in [0.15, 0.2) is 12.7 Å². The summed E-state index contributed by atoms with van der Waals surface area (Å²) in [5.74, 6) is -0.0889. The van der Waals surface area contributed by atoms with Gasteiger partial charge in [-0.3, -0.25) is 19.2 Å². The number of carbonyl (C=O) groups excluding carboxylic acids is 2. The molecule has 1 aliphatic rings. The van der Waals surface area contributed by atoms with Gasteiger partial charge in [-0.2, -0.15) is 5.10 Å². The van der Waals surface area contributed by atoms with Crippen LogP contribution in [0, 0.1) is 0 Å². The molecule has 8 heteroatoms. The predicted octanol–water partition coefficient (Wildman–Crippen LogP) is -0.615. The minimum Gasteiger partial charge on any atom is -0.355 e. The first-order valence-corrected chi connectivity index (χ1v) is 7.73. The molecule has 0 spiro atoms. The Morgan fingerprint density at radius 3 is 2.82 bits per heavy atom. The second kappa shape index (κ2) is 8.47. The Balaban J connectivity index is 1.75. The number of nitrogens with one attached hydrogen (secondary N) is 2. The number of hydrogen-bond acceptors (Lipinski definition) is 5. The molecule has 2 heterocycles. The molecule has 122 valence electrons. The number of nitrogens with zero attached hydrogens (tertiary/aromatic N) is 4. The number of likely N-dealkylation sites (tertiary alicyclic amines) is 1. The van der Waals surface area contributed by atoms with Crippen LogP contribution in [0.2, 0.25) is 0 Å². The van der Waals surface area contributed by atoms with Gasteiger partial charge in [0.25, 0.3) is 0 Å². The molecule has 1 saturated heterocycles. The number of piperidine rings is 1. The van der Waals surface area contributed by atoms with Crippen LogP contribution < -0.4 is 10.6 Å². The van der Waals surface area contributed by atoms with Gasteiger partial charge >= 0.3 is 0 Å². The van der Waals surface area contributed by atoms with Crippen molar-refractivity contribution in [2.45, 2.75) is 38.8 Å². The molecule has 2 N–H and O–H groups in total. The maximum absolute atomic E-state index is 12.0. The molecule has 0 bridgehead atoms. The highest BCUT2D eigenvalue weighted by molar-refractivity contribution is 5.78. The standard InChI is InChI=1S/C14H24N6O2/c1-12(21)16-5-6-17-14(22)9-19-7-3-2-4-13(19)8-20-11-15-10-18-20/h10-11,13H,2-9H2,1H3,(H,16,21)(H,17,22)/t13-/m0/s1. The lowest BCUT2D eigenvalue weighted by Gasteiger charge is -2.35. The zero-order valence-corrected chi connectivity index (χ0v) is 13.0. The van der Waals surface area contributed by atoms with Gasteiger partial charge in [0.2, 0.25) is 11.8 Å². The average molecular weight is 308 g/mol. The van der Waals surface area contributed by atoms with Gasteiger partial charge in [0.1, 0.15) is 12.7 Å². The summed E-state index contributed by atoms with van der Waals surface area (Å²) in [6.07, 6.45) is 6.61. The first kappa shape index (κ1) is 16.4. The smallest absolute Gasteiger partial charge is 0.234 e. The maximum atomic E-state index is 12.0. The van der Waals surface area contributed by atoms with E-state index in [4.69, 9.17) is 0 Å². The van der Waals surface area contributed by atoms with Crippen molar-refractivity contribution in [2.24, 2.45) is 0 Å². The largest absolute Gasteiger partial charge is 0.355 e. The molecule has 2 rings (SSSR count). The molecule has 2 amide bonds. The number of hydrogen-bond donors (Lipinski definition) is 2. The van der Waals surface area contributed by atoms with Gasteiger partial charge in [0.15, 0.2) is 0 Å². The predicted molar refractivity (Wildman–Crippen MR) is 80.9 cm³/mol. The van der Waals surface area contributed by atoms with E-state index in [2.05, 4.69) is 25.6 Å². The Hall–Kier alpha value is -1.96. The molecule has 1 fully saturated rings. The molecule has 1 aromatic rings. The van der Waals surface area contributed by atoms with Gasteiger partial charge in [-0.25, -0.2) is 4.98 Å². The van der Waals surface area contributed by atoms with Crippen LogP contribution in [0.5, 0.6) is 0 Å². The quantitative estimate of drug-likeness (QED) is 0.655. The highest BCUT2D eigenvalue weighted by atomic mass is 16.2. The number of amides is 2. The van der Waals surface area contributed by atoms with Gasteiger partial charge < -0.3 is 10.6 Å². The van der Waals surface area contributed by atoms with Crippen LogP contribution in [0.3, 0.4) is 0 Å². The van der Waals surface area contributed by atoms with E-state index in [0.29, 0.717) is 25.7 Å². The minimum atomic E-state index is -0.0850. The Labute approximate surface area is 130 Å². The van der Waals surface area contributed by atoms with Crippen LogP contribution in [-0.2, 0) is 16.1 Å². The van der Waals surface area contributed by atoms with Crippen LogP contribution in [-0.4, -0.2) is 63.7 Å². The molecule has 0 radical (unpaired) electrons. The Kier molecular flexibility index (Phi) is 6.32. The maximum Gasteiger partial charge on any atom is 0.234 e. The van der Waals surface area contributed by atoms with E-state index in [-0.39, 0.29) is 11.8 Å². The fraction of sp³-hybridized carbons (Fsp3) is 0.714. The lowest BCUT2D eigenvalue weighted by molar-refractivity contribution is -0.123. The molecular formula is C14H24N6O2. The summed E-state index contributed by atoms with van der Waals surface area (Å²) in [5.41, 5.74) is 0. The Morgan fingerprint density at radius 2 is 2.09 bits per heavy atom. The van der Waals surface area contributed by atoms with Crippen molar-refractivity contribution in [1.82, 2.24) is 30.3 Å². The third-order valence-corrected chi connectivity index (χ3v) is 3.78. The van der Waals surface area contributed by atoms with Crippen LogP contribution in [0.1, 0.15) is 26.2 Å². The molecule has 1 aromatic heterocycles. The van der Waals surface area contributed by atoms with Crippen molar-refractivity contribution in [1.29, 1.82) is 0 Å². The first-order valence-electron chi connectivity index (χ1n) is 7.73. The SMILES string of the molecule is CC(=O)NCCNC(=O)CN1CCCC[C@H]1Cn1cncn1. The number of aromatic nitrogens is 3. The van der Waals surface area contributed by atoms with E-state index in [0.717, 1.165) is 25.9 Å². The second-order valence-corrected chi connectivity index (χ2v) is 5.57. The summed E-state index contributed by atoms with van der Waals surface area (Å²) in [4.78, 5) is 28.9. The average Bonchev–Trinajstić information content (AvgIpc) is 2.98. The third kappa shape index (κ3) is 5.44. The summed E-state index contributed by atoms with van der Waals surface area (Å²) in [6, 6.07) is 0.316. The zero-order chi connectivity index (χ0) is 15.8. The second-order valence-electron chi connectivity index (χ2n) is 5.57. The third-order valence-electron chi connectivity index (χ3n) is 3.78. The molecule has 0 unspecified atom stereocenters. The Bertz CT molecular complexity index is 476. The molecule has 1 atom stereocenters. The van der Waals surface area contributed by atoms with Gasteiger partial charge in [-0.15, -0.1) is 0 Å². The lowest BCUT2D eigenvalue weighted by atomic mass is 10.0. The van der Waals surface area contributed by atoms with Gasteiger partial charge in [0.05, 0.1) is 13.1 Å². The molecule has 0 aliphatic carbocycles. The van der Waals surface area contributed by atoms with Crippen LogP contribution >= 0.6 is 0 Å². The van der Waals surface area contributed by atoms with Gasteiger partial charge in [0, 0.05) is 26.1 Å². The van der Waals surface area contributed by atoms with Crippen LogP contribution in [0.25, 0.3) is 0 Å². The molecular weight excluding hydrogens is 284 g/mol. The molecule has 22 heavy (non-hydrogen) atoms. The van der Waals surface area contributed by atoms with Crippen molar-refractivity contribution in [3.05, 3.63) is 12.7 Å². The van der Waals surface area contributed by atoms with Crippen molar-refractivity contribution in [2.75, 3.05) is 26.2 Å². The van der Waals surface area contributed by atoms with E-state index in [9.17, 15) is 9.59 Å². The van der Waals surface area contributed by atoms with Crippen molar-refractivity contribution in [3.63, 3.8) is 0 Å². The van der Waals surface area contributed by atoms with E-state index in [1.165, 1.54) is 19.7 Å². The first-order chi connectivity index (χ1) is 10.6. The summed E-state index contributed by atoms with van der Waals surface area (Å²) >= 11 is 0. The Morgan fingerprint density at radius 1 is 1.27 bits per heavy atom. The summed E-state index contributed by atoms with van der Waals surface area (Å²) in [5, 5.41) is 9.63. The van der Waals surface area contributed by atoms with Crippen molar-refractivity contribution in [3.8, 4) is 0 Å². The fourth-order valence-corrected chi connectivity index (χ4v) is 2.70. The van der Waals surface area contributed by atoms with Gasteiger partial charge in [-0.1, -0.05) is 6.42 Å². The fourth-order valence-electron chi connectivity index (χ4n) is 2.70.